The molecule has 1 aliphatic rings. The lowest BCUT2D eigenvalue weighted by Crippen LogP contribution is -1.94. The highest BCUT2D eigenvalue weighted by atomic mass is 16.6. The molecular weight excluding hydrogens is 128 g/mol. The molecule has 1 atom stereocenters. The standard InChI is InChI=1S/C7H8N2O/c8-7-5(6-4-10-6)2-1-3-9-7/h1-3,6H,4H2,(H2,8,9). The largest absolute Gasteiger partial charge is 0.383 e. The third kappa shape index (κ3) is 0.844. The van der Waals surface area contributed by atoms with Crippen molar-refractivity contribution >= 4 is 5.82 Å². The molecule has 1 aromatic rings. The molecule has 0 aliphatic carbocycles. The molecule has 1 fully saturated rings. The number of pyridine rings is 1. The molecule has 1 saturated heterocycles. The van der Waals surface area contributed by atoms with E-state index in [9.17, 15) is 0 Å². The number of nitrogens with zero attached hydrogens (tertiary/aromatic N) is 1. The molecule has 3 heteroatoms. The lowest BCUT2D eigenvalue weighted by Gasteiger charge is -1.97. The van der Waals surface area contributed by atoms with Gasteiger partial charge in [-0.05, 0) is 6.07 Å². The normalized spacial score (nSPS) is 22.6. The number of nitrogen functional groups attached to an aromatic ring is 1. The smallest absolute Gasteiger partial charge is 0.129 e. The molecule has 2 heterocycles. The number of rotatable bonds is 1. The molecule has 2 N–H and O–H groups in total. The number of hydrogen-bond donors (Lipinski definition) is 1. The van der Waals surface area contributed by atoms with Crippen molar-refractivity contribution < 1.29 is 4.74 Å². The quantitative estimate of drug-likeness (QED) is 0.579. The SMILES string of the molecule is Nc1ncccc1C1CO1. The van der Waals surface area contributed by atoms with Gasteiger partial charge >= 0.3 is 0 Å². The van der Waals surface area contributed by atoms with Gasteiger partial charge in [0.05, 0.1) is 6.61 Å². The van der Waals surface area contributed by atoms with Gasteiger partial charge in [0.1, 0.15) is 11.9 Å². The van der Waals surface area contributed by atoms with Crippen molar-refractivity contribution in [2.45, 2.75) is 6.10 Å². The van der Waals surface area contributed by atoms with Crippen LogP contribution in [-0.4, -0.2) is 11.6 Å². The van der Waals surface area contributed by atoms with Crippen molar-refractivity contribution in [3.8, 4) is 0 Å². The molecule has 0 aromatic carbocycles. The minimum absolute atomic E-state index is 0.216. The Bertz CT molecular complexity index is 245. The number of anilines is 1. The number of hydrogen-bond acceptors (Lipinski definition) is 3. The molecular formula is C7H8N2O. The highest BCUT2D eigenvalue weighted by Crippen LogP contribution is 2.31. The number of ether oxygens (including phenoxy) is 1. The number of epoxide rings is 1. The summed E-state index contributed by atoms with van der Waals surface area (Å²) in [4.78, 5) is 3.94. The zero-order valence-corrected chi connectivity index (χ0v) is 5.45. The Kier molecular flexibility index (Phi) is 1.11. The van der Waals surface area contributed by atoms with E-state index >= 15 is 0 Å². The van der Waals surface area contributed by atoms with Crippen molar-refractivity contribution in [2.75, 3.05) is 12.3 Å². The first-order chi connectivity index (χ1) is 4.88. The molecule has 0 saturated carbocycles. The van der Waals surface area contributed by atoms with Crippen LogP contribution >= 0.6 is 0 Å². The van der Waals surface area contributed by atoms with Gasteiger partial charge in [0.15, 0.2) is 0 Å². The minimum Gasteiger partial charge on any atom is -0.383 e. The Morgan fingerprint density at radius 2 is 2.50 bits per heavy atom. The van der Waals surface area contributed by atoms with E-state index in [1.807, 2.05) is 12.1 Å². The third-order valence-electron chi connectivity index (χ3n) is 1.55. The molecule has 2 rings (SSSR count). The summed E-state index contributed by atoms with van der Waals surface area (Å²) in [5.74, 6) is 0.588. The zero-order valence-electron chi connectivity index (χ0n) is 5.45. The Labute approximate surface area is 58.8 Å². The first-order valence-electron chi connectivity index (χ1n) is 3.20. The fourth-order valence-electron chi connectivity index (χ4n) is 0.930. The summed E-state index contributed by atoms with van der Waals surface area (Å²) in [6, 6.07) is 3.81. The van der Waals surface area contributed by atoms with Crippen LogP contribution in [0.1, 0.15) is 11.7 Å². The Hall–Kier alpha value is -1.09. The van der Waals surface area contributed by atoms with Crippen LogP contribution in [0.15, 0.2) is 18.3 Å². The van der Waals surface area contributed by atoms with Gasteiger partial charge in [-0.3, -0.25) is 0 Å². The molecule has 1 aromatic heterocycles. The Morgan fingerprint density at radius 1 is 1.70 bits per heavy atom. The Balaban J connectivity index is 2.39. The van der Waals surface area contributed by atoms with E-state index in [-0.39, 0.29) is 6.10 Å². The van der Waals surface area contributed by atoms with Crippen LogP contribution in [0.4, 0.5) is 5.82 Å². The fraction of sp³-hybridized carbons (Fsp3) is 0.286. The molecule has 1 unspecified atom stereocenters. The lowest BCUT2D eigenvalue weighted by molar-refractivity contribution is 0.416. The van der Waals surface area contributed by atoms with E-state index < -0.39 is 0 Å². The fourth-order valence-corrected chi connectivity index (χ4v) is 0.930. The minimum atomic E-state index is 0.216. The molecule has 0 radical (unpaired) electrons. The van der Waals surface area contributed by atoms with Gasteiger partial charge in [-0.1, -0.05) is 6.07 Å². The zero-order chi connectivity index (χ0) is 6.97. The first kappa shape index (κ1) is 5.68. The molecule has 0 spiro atoms. The summed E-state index contributed by atoms with van der Waals surface area (Å²) in [5.41, 5.74) is 6.59. The summed E-state index contributed by atoms with van der Waals surface area (Å²) in [6.07, 6.45) is 1.90. The van der Waals surface area contributed by atoms with Gasteiger partial charge in [0.25, 0.3) is 0 Å². The van der Waals surface area contributed by atoms with Crippen molar-refractivity contribution in [1.82, 2.24) is 4.98 Å². The number of nitrogens with two attached hydrogens (primary N) is 1. The maximum absolute atomic E-state index is 5.57. The highest BCUT2D eigenvalue weighted by molar-refractivity contribution is 5.41. The summed E-state index contributed by atoms with van der Waals surface area (Å²) >= 11 is 0. The van der Waals surface area contributed by atoms with Crippen molar-refractivity contribution in [3.05, 3.63) is 23.9 Å². The van der Waals surface area contributed by atoms with Crippen LogP contribution < -0.4 is 5.73 Å². The molecule has 10 heavy (non-hydrogen) atoms. The van der Waals surface area contributed by atoms with Crippen LogP contribution in [0, 0.1) is 0 Å². The lowest BCUT2D eigenvalue weighted by atomic mass is 10.2. The van der Waals surface area contributed by atoms with Crippen LogP contribution in [0.2, 0.25) is 0 Å². The van der Waals surface area contributed by atoms with E-state index in [0.717, 1.165) is 12.2 Å². The second kappa shape index (κ2) is 1.95. The van der Waals surface area contributed by atoms with Crippen LogP contribution in [-0.2, 0) is 4.74 Å². The van der Waals surface area contributed by atoms with Gasteiger partial charge in [-0.15, -0.1) is 0 Å². The van der Waals surface area contributed by atoms with Crippen molar-refractivity contribution in [1.29, 1.82) is 0 Å². The van der Waals surface area contributed by atoms with Gasteiger partial charge < -0.3 is 10.5 Å². The van der Waals surface area contributed by atoms with Crippen molar-refractivity contribution in [3.63, 3.8) is 0 Å². The first-order valence-corrected chi connectivity index (χ1v) is 3.20. The van der Waals surface area contributed by atoms with Crippen LogP contribution in [0.25, 0.3) is 0 Å². The second-order valence-electron chi connectivity index (χ2n) is 2.30. The van der Waals surface area contributed by atoms with Gasteiger partial charge in [-0.25, -0.2) is 4.98 Å². The number of aromatic nitrogens is 1. The van der Waals surface area contributed by atoms with Gasteiger partial charge in [0.2, 0.25) is 0 Å². The molecule has 0 bridgehead atoms. The van der Waals surface area contributed by atoms with Crippen LogP contribution in [0.5, 0.6) is 0 Å². The average molecular weight is 136 g/mol. The predicted octanol–water partition coefficient (Wildman–Crippen LogP) is 0.735. The molecule has 0 amide bonds. The maximum Gasteiger partial charge on any atom is 0.129 e. The summed E-state index contributed by atoms with van der Waals surface area (Å²) in [7, 11) is 0. The molecule has 3 nitrogen and oxygen atoms in total. The highest BCUT2D eigenvalue weighted by Gasteiger charge is 2.26. The topological polar surface area (TPSA) is 51.4 Å². The molecule has 52 valence electrons. The Morgan fingerprint density at radius 3 is 3.10 bits per heavy atom. The van der Waals surface area contributed by atoms with E-state index in [4.69, 9.17) is 10.5 Å². The summed E-state index contributed by atoms with van der Waals surface area (Å²) < 4.78 is 5.06. The van der Waals surface area contributed by atoms with E-state index in [1.54, 1.807) is 6.20 Å². The van der Waals surface area contributed by atoms with E-state index in [0.29, 0.717) is 5.82 Å². The second-order valence-corrected chi connectivity index (χ2v) is 2.30. The van der Waals surface area contributed by atoms with E-state index in [2.05, 4.69) is 4.98 Å². The monoisotopic (exact) mass is 136 g/mol. The average Bonchev–Trinajstić information content (AvgIpc) is 2.71. The van der Waals surface area contributed by atoms with Gasteiger partial charge in [-0.2, -0.15) is 0 Å². The van der Waals surface area contributed by atoms with E-state index in [1.165, 1.54) is 0 Å². The molecule has 1 aliphatic heterocycles. The van der Waals surface area contributed by atoms with Crippen LogP contribution in [0.3, 0.4) is 0 Å². The summed E-state index contributed by atoms with van der Waals surface area (Å²) in [6.45, 7) is 0.788. The third-order valence-corrected chi connectivity index (χ3v) is 1.55. The van der Waals surface area contributed by atoms with Gasteiger partial charge in [0, 0.05) is 11.8 Å². The maximum atomic E-state index is 5.57. The van der Waals surface area contributed by atoms with Crippen molar-refractivity contribution in [2.24, 2.45) is 0 Å². The predicted molar refractivity (Wildman–Crippen MR) is 37.3 cm³/mol. The summed E-state index contributed by atoms with van der Waals surface area (Å²) in [5, 5.41) is 0.